The van der Waals surface area contributed by atoms with Crippen LogP contribution < -0.4 is 15.8 Å². The lowest BCUT2D eigenvalue weighted by Crippen LogP contribution is -2.20. The topological polar surface area (TPSA) is 94.3 Å². The Kier molecular flexibility index (Phi) is 6.74. The number of pyridine rings is 1. The smallest absolute Gasteiger partial charge is 0.257 e. The summed E-state index contributed by atoms with van der Waals surface area (Å²) in [7, 11) is 1.62. The average molecular weight is 500 g/mol. The molecule has 2 aromatic heterocycles. The quantitative estimate of drug-likeness (QED) is 0.315. The zero-order valence-corrected chi connectivity index (χ0v) is 21.3. The fraction of sp³-hybridized carbons (Fsp3) is 0.276. The molecule has 0 radical (unpaired) electrons. The van der Waals surface area contributed by atoms with E-state index in [1.165, 1.54) is 22.6 Å². The summed E-state index contributed by atoms with van der Waals surface area (Å²) in [6.45, 7) is 2.20. The number of nitrogens with one attached hydrogen (secondary N) is 1. The van der Waals surface area contributed by atoms with E-state index in [1.54, 1.807) is 13.2 Å². The van der Waals surface area contributed by atoms with Crippen LogP contribution in [0.25, 0.3) is 22.2 Å². The maximum absolute atomic E-state index is 13.7. The number of nitrogens with two attached hydrogens (primary N) is 1. The highest BCUT2D eigenvalue weighted by Crippen LogP contribution is 2.41. The van der Waals surface area contributed by atoms with Crippen LogP contribution in [0.1, 0.15) is 57.3 Å². The summed E-state index contributed by atoms with van der Waals surface area (Å²) >= 11 is 1.49. The van der Waals surface area contributed by atoms with Crippen LogP contribution in [0.3, 0.4) is 0 Å². The molecule has 1 atom stereocenters. The van der Waals surface area contributed by atoms with Gasteiger partial charge in [-0.2, -0.15) is 0 Å². The number of aromatic nitrogens is 1. The Hall–Kier alpha value is -3.71. The standard InChI is InChI=1S/C29H29N3O3S/c1-3-6-17-9-14-21-25(15-17)36-29(26(21)27(30)33)32-28(34)22-16-24(18-10-12-19(35-2)13-11-18)31-23-8-5-4-7-20(22)23/h4-5,7-8,10-13,16-17H,3,6,9,14-15H2,1-2H3,(H2,30,33)(H,32,34). The van der Waals surface area contributed by atoms with Crippen LogP contribution in [-0.2, 0) is 12.8 Å². The van der Waals surface area contributed by atoms with E-state index in [0.717, 1.165) is 53.5 Å². The number of hydrogen-bond donors (Lipinski definition) is 2. The normalized spacial score (nSPS) is 14.9. The molecule has 1 unspecified atom stereocenters. The SMILES string of the molecule is CCCC1CCc2c(sc(NC(=O)c3cc(-c4ccc(OC)cc4)nc4ccccc34)c2C(N)=O)C1. The van der Waals surface area contributed by atoms with Gasteiger partial charge in [0.2, 0.25) is 0 Å². The van der Waals surface area contributed by atoms with Gasteiger partial charge < -0.3 is 15.8 Å². The van der Waals surface area contributed by atoms with E-state index in [9.17, 15) is 9.59 Å². The van der Waals surface area contributed by atoms with Crippen LogP contribution in [0, 0.1) is 5.92 Å². The van der Waals surface area contributed by atoms with E-state index in [-0.39, 0.29) is 5.91 Å². The van der Waals surface area contributed by atoms with Crippen LogP contribution in [0.4, 0.5) is 5.00 Å². The van der Waals surface area contributed by atoms with Crippen molar-refractivity contribution in [2.75, 3.05) is 12.4 Å². The average Bonchev–Trinajstić information content (AvgIpc) is 3.25. The van der Waals surface area contributed by atoms with Crippen LogP contribution in [0.2, 0.25) is 0 Å². The minimum Gasteiger partial charge on any atom is -0.497 e. The Labute approximate surface area is 214 Å². The number of para-hydroxylation sites is 1. The summed E-state index contributed by atoms with van der Waals surface area (Å²) in [6, 6.07) is 16.9. The van der Waals surface area contributed by atoms with Gasteiger partial charge >= 0.3 is 0 Å². The second-order valence-electron chi connectivity index (χ2n) is 9.22. The number of thiophene rings is 1. The Balaban J connectivity index is 1.53. The van der Waals surface area contributed by atoms with Gasteiger partial charge in [-0.1, -0.05) is 38.0 Å². The molecule has 2 aromatic carbocycles. The first-order chi connectivity index (χ1) is 17.5. The summed E-state index contributed by atoms with van der Waals surface area (Å²) in [4.78, 5) is 32.1. The van der Waals surface area contributed by atoms with Gasteiger partial charge in [-0.25, -0.2) is 4.98 Å². The minimum atomic E-state index is -0.491. The zero-order valence-electron chi connectivity index (χ0n) is 20.5. The van der Waals surface area contributed by atoms with Gasteiger partial charge in [-0.05, 0) is 67.1 Å². The van der Waals surface area contributed by atoms with Gasteiger partial charge in [0, 0.05) is 15.8 Å². The largest absolute Gasteiger partial charge is 0.497 e. The Bertz CT molecular complexity index is 1440. The number of primary amides is 1. The third-order valence-electron chi connectivity index (χ3n) is 6.88. The molecule has 0 saturated heterocycles. The molecule has 0 spiro atoms. The monoisotopic (exact) mass is 499 g/mol. The van der Waals surface area contributed by atoms with E-state index < -0.39 is 5.91 Å². The van der Waals surface area contributed by atoms with Crippen LogP contribution >= 0.6 is 11.3 Å². The lowest BCUT2D eigenvalue weighted by atomic mass is 9.84. The van der Waals surface area contributed by atoms with E-state index in [1.807, 2.05) is 48.5 Å². The molecule has 0 saturated carbocycles. The van der Waals surface area contributed by atoms with Gasteiger partial charge in [0.1, 0.15) is 10.8 Å². The van der Waals surface area contributed by atoms with Crippen LogP contribution in [0.15, 0.2) is 54.6 Å². The fourth-order valence-electron chi connectivity index (χ4n) is 5.10. The van der Waals surface area contributed by atoms with Gasteiger partial charge in [0.05, 0.1) is 29.4 Å². The number of ether oxygens (including phenoxy) is 1. The highest BCUT2D eigenvalue weighted by Gasteiger charge is 2.29. The second-order valence-corrected chi connectivity index (χ2v) is 10.3. The molecule has 7 heteroatoms. The Morgan fingerprint density at radius 2 is 1.94 bits per heavy atom. The van der Waals surface area contributed by atoms with Crippen molar-refractivity contribution in [2.24, 2.45) is 11.7 Å². The van der Waals surface area contributed by atoms with E-state index in [4.69, 9.17) is 15.5 Å². The molecule has 184 valence electrons. The summed E-state index contributed by atoms with van der Waals surface area (Å²) in [5.41, 5.74) is 10.1. The van der Waals surface area contributed by atoms with Crippen molar-refractivity contribution in [2.45, 2.75) is 39.0 Å². The van der Waals surface area contributed by atoms with Crippen molar-refractivity contribution in [3.8, 4) is 17.0 Å². The molecule has 3 N–H and O–H groups in total. The first kappa shape index (κ1) is 24.0. The lowest BCUT2D eigenvalue weighted by Gasteiger charge is -2.21. The molecule has 4 aromatic rings. The summed E-state index contributed by atoms with van der Waals surface area (Å²) in [5.74, 6) is 0.589. The number of methoxy groups -OCH3 is 1. The molecule has 1 aliphatic carbocycles. The van der Waals surface area contributed by atoms with Crippen molar-refractivity contribution in [3.05, 3.63) is 76.2 Å². The molecule has 0 fully saturated rings. The van der Waals surface area contributed by atoms with Crippen molar-refractivity contribution in [3.63, 3.8) is 0 Å². The molecule has 0 aliphatic heterocycles. The molecular weight excluding hydrogens is 470 g/mol. The number of benzene rings is 2. The molecule has 1 aliphatic rings. The predicted octanol–water partition coefficient (Wildman–Crippen LogP) is 6.23. The molecule has 6 nitrogen and oxygen atoms in total. The Morgan fingerprint density at radius 3 is 2.67 bits per heavy atom. The van der Waals surface area contributed by atoms with Crippen LogP contribution in [-0.4, -0.2) is 23.9 Å². The van der Waals surface area contributed by atoms with E-state index >= 15 is 0 Å². The van der Waals surface area contributed by atoms with Gasteiger partial charge in [-0.3, -0.25) is 9.59 Å². The maximum Gasteiger partial charge on any atom is 0.257 e. The van der Waals surface area contributed by atoms with Crippen molar-refractivity contribution < 1.29 is 14.3 Å². The number of amides is 2. The van der Waals surface area contributed by atoms with Crippen molar-refractivity contribution in [1.82, 2.24) is 4.98 Å². The first-order valence-corrected chi connectivity index (χ1v) is 13.1. The molecule has 36 heavy (non-hydrogen) atoms. The summed E-state index contributed by atoms with van der Waals surface area (Å²) in [5, 5.41) is 4.32. The fourth-order valence-corrected chi connectivity index (χ4v) is 6.46. The third kappa shape index (κ3) is 4.58. The first-order valence-electron chi connectivity index (χ1n) is 12.3. The van der Waals surface area contributed by atoms with Crippen molar-refractivity contribution in [1.29, 1.82) is 0 Å². The number of anilines is 1. The molecule has 0 bridgehead atoms. The lowest BCUT2D eigenvalue weighted by molar-refractivity contribution is 0.1000. The second kappa shape index (κ2) is 10.1. The number of carbonyl (C=O) groups is 2. The summed E-state index contributed by atoms with van der Waals surface area (Å²) < 4.78 is 5.27. The zero-order chi connectivity index (χ0) is 25.2. The number of rotatable bonds is 7. The minimum absolute atomic E-state index is 0.283. The van der Waals surface area contributed by atoms with E-state index in [0.29, 0.717) is 27.7 Å². The number of hydrogen-bond acceptors (Lipinski definition) is 5. The highest BCUT2D eigenvalue weighted by molar-refractivity contribution is 7.17. The van der Waals surface area contributed by atoms with Gasteiger partial charge in [0.15, 0.2) is 0 Å². The van der Waals surface area contributed by atoms with Crippen molar-refractivity contribution >= 4 is 39.1 Å². The Morgan fingerprint density at radius 1 is 1.17 bits per heavy atom. The van der Waals surface area contributed by atoms with Crippen LogP contribution in [0.5, 0.6) is 5.75 Å². The molecule has 2 heterocycles. The number of fused-ring (bicyclic) bond motifs is 2. The van der Waals surface area contributed by atoms with Gasteiger partial charge in [-0.15, -0.1) is 11.3 Å². The summed E-state index contributed by atoms with van der Waals surface area (Å²) in [6.07, 6.45) is 5.12. The highest BCUT2D eigenvalue weighted by atomic mass is 32.1. The molecule has 2 amide bonds. The predicted molar refractivity (Wildman–Crippen MR) is 145 cm³/mol. The third-order valence-corrected chi connectivity index (χ3v) is 8.05. The maximum atomic E-state index is 13.7. The number of carbonyl (C=O) groups excluding carboxylic acids is 2. The number of nitrogens with zero attached hydrogens (tertiary/aromatic N) is 1. The van der Waals surface area contributed by atoms with Gasteiger partial charge in [0.25, 0.3) is 11.8 Å². The molecular formula is C29H29N3O3S. The molecule has 5 rings (SSSR count). The van der Waals surface area contributed by atoms with E-state index in [2.05, 4.69) is 12.2 Å².